The van der Waals surface area contributed by atoms with E-state index in [0.717, 1.165) is 38.2 Å². The normalized spacial score (nSPS) is 20.5. The Hall–Kier alpha value is -1.46. The molecule has 1 atom stereocenters. The van der Waals surface area contributed by atoms with E-state index >= 15 is 0 Å². The summed E-state index contributed by atoms with van der Waals surface area (Å²) < 4.78 is 17.9. The van der Waals surface area contributed by atoms with Crippen LogP contribution in [0.3, 0.4) is 0 Å². The van der Waals surface area contributed by atoms with Gasteiger partial charge in [0.05, 0.1) is 13.7 Å². The summed E-state index contributed by atoms with van der Waals surface area (Å²) in [6.45, 7) is 8.33. The Labute approximate surface area is 138 Å². The third kappa shape index (κ3) is 5.29. The summed E-state index contributed by atoms with van der Waals surface area (Å²) in [5, 5.41) is 0. The number of nitrogens with zero attached hydrogens (tertiary/aromatic N) is 2. The average Bonchev–Trinajstić information content (AvgIpc) is 2.72. The minimum absolute atomic E-state index is 0.181. The third-order valence-corrected chi connectivity index (χ3v) is 4.48. The second-order valence-corrected chi connectivity index (χ2v) is 6.57. The fourth-order valence-corrected chi connectivity index (χ4v) is 3.18. The Morgan fingerprint density at radius 1 is 1.30 bits per heavy atom. The summed E-state index contributed by atoms with van der Waals surface area (Å²) in [6.07, 6.45) is 1.02. The average molecular weight is 322 g/mol. The summed E-state index contributed by atoms with van der Waals surface area (Å²) in [5.41, 5.74) is 1.12. The fraction of sp³-hybridized carbons (Fsp3) is 0.611. The van der Waals surface area contributed by atoms with Crippen molar-refractivity contribution < 1.29 is 13.9 Å². The highest BCUT2D eigenvalue weighted by Gasteiger charge is 2.28. The van der Waals surface area contributed by atoms with Crippen molar-refractivity contribution >= 4 is 5.97 Å². The van der Waals surface area contributed by atoms with Crippen LogP contribution in [0.4, 0.5) is 4.39 Å². The number of benzene rings is 1. The molecule has 0 aromatic heterocycles. The smallest absolute Gasteiger partial charge is 0.319 e. The van der Waals surface area contributed by atoms with Gasteiger partial charge in [-0.25, -0.2) is 4.39 Å². The molecule has 1 aliphatic heterocycles. The molecule has 0 aliphatic carbocycles. The number of rotatable bonds is 5. The predicted octanol–water partition coefficient (Wildman–Crippen LogP) is 2.53. The predicted molar refractivity (Wildman–Crippen MR) is 88.5 cm³/mol. The molecule has 1 heterocycles. The number of halogens is 1. The van der Waals surface area contributed by atoms with Crippen molar-refractivity contribution in [2.75, 3.05) is 33.3 Å². The number of carbonyl (C=O) groups excluding carboxylic acids is 1. The molecule has 128 valence electrons. The Bertz CT molecular complexity index is 504. The summed E-state index contributed by atoms with van der Waals surface area (Å²) in [4.78, 5) is 16.2. The van der Waals surface area contributed by atoms with Gasteiger partial charge in [-0.2, -0.15) is 0 Å². The number of esters is 1. The Morgan fingerprint density at radius 2 is 2.00 bits per heavy atom. The molecular weight excluding hydrogens is 295 g/mol. The highest BCUT2D eigenvalue weighted by molar-refractivity contribution is 5.71. The zero-order valence-corrected chi connectivity index (χ0v) is 14.3. The zero-order valence-electron chi connectivity index (χ0n) is 14.3. The van der Waals surface area contributed by atoms with Gasteiger partial charge in [0.25, 0.3) is 0 Å². The van der Waals surface area contributed by atoms with Crippen LogP contribution < -0.4 is 0 Å². The first-order valence-corrected chi connectivity index (χ1v) is 8.27. The van der Waals surface area contributed by atoms with Crippen molar-refractivity contribution in [1.82, 2.24) is 9.80 Å². The molecule has 0 bridgehead atoms. The maximum atomic E-state index is 13.1. The molecule has 1 fully saturated rings. The Balaban J connectivity index is 2.06. The van der Waals surface area contributed by atoms with Crippen LogP contribution in [0, 0.1) is 11.7 Å². The Kier molecular flexibility index (Phi) is 6.54. The van der Waals surface area contributed by atoms with Crippen molar-refractivity contribution in [3.8, 4) is 0 Å². The monoisotopic (exact) mass is 322 g/mol. The number of hydrogen-bond donors (Lipinski definition) is 0. The van der Waals surface area contributed by atoms with Crippen molar-refractivity contribution in [2.24, 2.45) is 5.92 Å². The second-order valence-electron chi connectivity index (χ2n) is 6.57. The van der Waals surface area contributed by atoms with Crippen LogP contribution in [0.1, 0.15) is 25.8 Å². The maximum Gasteiger partial charge on any atom is 0.319 e. The third-order valence-electron chi connectivity index (χ3n) is 4.48. The molecule has 1 saturated heterocycles. The van der Waals surface area contributed by atoms with Crippen LogP contribution >= 0.6 is 0 Å². The number of methoxy groups -OCH3 is 1. The van der Waals surface area contributed by atoms with Gasteiger partial charge >= 0.3 is 5.97 Å². The van der Waals surface area contributed by atoms with Crippen molar-refractivity contribution in [3.05, 3.63) is 35.6 Å². The SMILES string of the molecule is COC(=O)CN1CCCN(Cc2ccc(F)cc2)C(C(C)C)C1. The molecule has 0 N–H and O–H groups in total. The van der Waals surface area contributed by atoms with Gasteiger partial charge in [-0.15, -0.1) is 0 Å². The van der Waals surface area contributed by atoms with Crippen LogP contribution in [-0.4, -0.2) is 55.1 Å². The topological polar surface area (TPSA) is 32.8 Å². The van der Waals surface area contributed by atoms with Crippen LogP contribution in [0.15, 0.2) is 24.3 Å². The van der Waals surface area contributed by atoms with Crippen LogP contribution in [0.25, 0.3) is 0 Å². The molecular formula is C18H27FN2O2. The molecule has 4 nitrogen and oxygen atoms in total. The first-order valence-electron chi connectivity index (χ1n) is 8.27. The molecule has 1 aromatic carbocycles. The van der Waals surface area contributed by atoms with E-state index in [9.17, 15) is 9.18 Å². The van der Waals surface area contributed by atoms with Gasteiger partial charge in [0.1, 0.15) is 5.82 Å². The lowest BCUT2D eigenvalue weighted by molar-refractivity contribution is -0.142. The van der Waals surface area contributed by atoms with Gasteiger partial charge in [-0.1, -0.05) is 26.0 Å². The largest absolute Gasteiger partial charge is 0.468 e. The van der Waals surface area contributed by atoms with Gasteiger partial charge in [-0.3, -0.25) is 14.6 Å². The second kappa shape index (κ2) is 8.41. The van der Waals surface area contributed by atoms with E-state index in [4.69, 9.17) is 4.74 Å². The first-order chi connectivity index (χ1) is 11.0. The van der Waals surface area contributed by atoms with Gasteiger partial charge in [-0.05, 0) is 30.0 Å². The van der Waals surface area contributed by atoms with E-state index in [1.54, 1.807) is 0 Å². The van der Waals surface area contributed by atoms with E-state index in [2.05, 4.69) is 23.6 Å². The van der Waals surface area contributed by atoms with E-state index < -0.39 is 0 Å². The van der Waals surface area contributed by atoms with E-state index in [-0.39, 0.29) is 11.8 Å². The fourth-order valence-electron chi connectivity index (χ4n) is 3.18. The first kappa shape index (κ1) is 17.9. The molecule has 2 rings (SSSR count). The zero-order chi connectivity index (χ0) is 16.8. The van der Waals surface area contributed by atoms with E-state index in [0.29, 0.717) is 18.5 Å². The van der Waals surface area contributed by atoms with Crippen molar-refractivity contribution in [2.45, 2.75) is 32.9 Å². The molecule has 0 spiro atoms. The number of ether oxygens (including phenoxy) is 1. The van der Waals surface area contributed by atoms with Crippen LogP contribution in [0.2, 0.25) is 0 Å². The summed E-state index contributed by atoms with van der Waals surface area (Å²) in [6, 6.07) is 7.10. The molecule has 1 aromatic rings. The van der Waals surface area contributed by atoms with Crippen LogP contribution in [0.5, 0.6) is 0 Å². The molecule has 1 aliphatic rings. The number of hydrogen-bond acceptors (Lipinski definition) is 4. The minimum atomic E-state index is -0.200. The highest BCUT2D eigenvalue weighted by atomic mass is 19.1. The summed E-state index contributed by atoms with van der Waals surface area (Å²) in [5.74, 6) is 0.0995. The molecule has 0 saturated carbocycles. The lowest BCUT2D eigenvalue weighted by Crippen LogP contribution is -2.45. The highest BCUT2D eigenvalue weighted by Crippen LogP contribution is 2.20. The number of carbonyl (C=O) groups is 1. The van der Waals surface area contributed by atoms with Gasteiger partial charge < -0.3 is 4.74 Å². The molecule has 0 amide bonds. The maximum absolute atomic E-state index is 13.1. The molecule has 1 unspecified atom stereocenters. The summed E-state index contributed by atoms with van der Waals surface area (Å²) in [7, 11) is 1.43. The standard InChI is InChI=1S/C18H27FN2O2/c1-14(2)17-12-20(13-18(22)23-3)9-4-10-21(17)11-15-5-7-16(19)8-6-15/h5-8,14,17H,4,9-13H2,1-3H3. The molecule has 0 radical (unpaired) electrons. The quantitative estimate of drug-likeness (QED) is 0.780. The van der Waals surface area contributed by atoms with Gasteiger partial charge in [0.2, 0.25) is 0 Å². The van der Waals surface area contributed by atoms with Crippen molar-refractivity contribution in [3.63, 3.8) is 0 Å². The van der Waals surface area contributed by atoms with Gasteiger partial charge in [0, 0.05) is 32.2 Å². The lowest BCUT2D eigenvalue weighted by atomic mass is 10.0. The summed E-state index contributed by atoms with van der Waals surface area (Å²) >= 11 is 0. The van der Waals surface area contributed by atoms with Crippen LogP contribution in [-0.2, 0) is 16.1 Å². The Morgan fingerprint density at radius 3 is 2.61 bits per heavy atom. The van der Waals surface area contributed by atoms with E-state index in [1.807, 2.05) is 12.1 Å². The van der Waals surface area contributed by atoms with Crippen molar-refractivity contribution in [1.29, 1.82) is 0 Å². The molecule has 23 heavy (non-hydrogen) atoms. The lowest BCUT2D eigenvalue weighted by Gasteiger charge is -2.34. The molecule has 5 heteroatoms. The minimum Gasteiger partial charge on any atom is -0.468 e. The van der Waals surface area contributed by atoms with E-state index in [1.165, 1.54) is 19.2 Å². The van der Waals surface area contributed by atoms with Gasteiger partial charge in [0.15, 0.2) is 0 Å².